The number of alkyl halides is 3. The van der Waals surface area contributed by atoms with Crippen LogP contribution >= 0.6 is 0 Å². The summed E-state index contributed by atoms with van der Waals surface area (Å²) >= 11 is 0. The zero-order valence-corrected chi connectivity index (χ0v) is 23.5. The van der Waals surface area contributed by atoms with Gasteiger partial charge in [0.05, 0.1) is 10.5 Å². The van der Waals surface area contributed by atoms with Gasteiger partial charge in [0, 0.05) is 26.2 Å². The molecular formula is C26H38F3N3O5S. The molecule has 0 radical (unpaired) electrons. The average Bonchev–Trinajstić information content (AvgIpc) is 3.42. The fourth-order valence-corrected chi connectivity index (χ4v) is 7.05. The molecule has 8 nitrogen and oxygen atoms in total. The van der Waals surface area contributed by atoms with Gasteiger partial charge in [-0.1, -0.05) is 19.9 Å². The van der Waals surface area contributed by atoms with Gasteiger partial charge in [-0.25, -0.2) is 13.2 Å². The second-order valence-electron chi connectivity index (χ2n) is 11.4. The molecule has 1 saturated carbocycles. The summed E-state index contributed by atoms with van der Waals surface area (Å²) in [5.41, 5.74) is -3.17. The number of fused-ring (bicyclic) bond motifs is 1. The van der Waals surface area contributed by atoms with Crippen molar-refractivity contribution in [3.05, 3.63) is 29.8 Å². The zero-order valence-electron chi connectivity index (χ0n) is 22.7. The summed E-state index contributed by atoms with van der Waals surface area (Å²) in [7, 11) is -2.65. The van der Waals surface area contributed by atoms with Gasteiger partial charge < -0.3 is 4.74 Å². The van der Waals surface area contributed by atoms with Gasteiger partial charge in [0.15, 0.2) is 11.9 Å². The Morgan fingerprint density at radius 2 is 1.89 bits per heavy atom. The number of nitrogens with one attached hydrogen (secondary N) is 1. The van der Waals surface area contributed by atoms with E-state index in [1.807, 2.05) is 13.8 Å². The molecular weight excluding hydrogens is 523 g/mol. The van der Waals surface area contributed by atoms with Crippen molar-refractivity contribution in [1.82, 2.24) is 14.5 Å². The molecule has 1 aliphatic heterocycles. The predicted octanol–water partition coefficient (Wildman–Crippen LogP) is 4.50. The Labute approximate surface area is 222 Å². The lowest BCUT2D eigenvalue weighted by atomic mass is 9.88. The van der Waals surface area contributed by atoms with Crippen LogP contribution in [0.2, 0.25) is 0 Å². The highest BCUT2D eigenvalue weighted by atomic mass is 32.2. The maximum Gasteiger partial charge on any atom is 0.416 e. The van der Waals surface area contributed by atoms with E-state index in [9.17, 15) is 31.2 Å². The highest BCUT2D eigenvalue weighted by molar-refractivity contribution is 7.89. The Morgan fingerprint density at radius 1 is 1.24 bits per heavy atom. The van der Waals surface area contributed by atoms with Gasteiger partial charge in [-0.2, -0.15) is 17.5 Å². The van der Waals surface area contributed by atoms with Crippen molar-refractivity contribution in [1.29, 1.82) is 0 Å². The number of halogens is 3. The number of hydrogen-bond acceptors (Lipinski definition) is 6. The molecule has 1 heterocycles. The van der Waals surface area contributed by atoms with Gasteiger partial charge in [0.1, 0.15) is 5.60 Å². The SMILES string of the molecule is CC[C@H](C)[C@](C=O)(N[C@H]1CC[C@@H]2CN(S(=O)(=O)c3cccc(C(F)(F)F)c3)CC21)N(C)C(=O)OC(C)(C)C. The molecule has 0 aromatic heterocycles. The van der Waals surface area contributed by atoms with Crippen LogP contribution in [0.5, 0.6) is 0 Å². The van der Waals surface area contributed by atoms with Crippen LogP contribution in [0.4, 0.5) is 18.0 Å². The van der Waals surface area contributed by atoms with Gasteiger partial charge >= 0.3 is 12.3 Å². The molecule has 2 aliphatic rings. The number of sulfonamides is 1. The number of benzene rings is 1. The third-order valence-corrected chi connectivity index (χ3v) is 9.63. The van der Waals surface area contributed by atoms with Crippen molar-refractivity contribution in [2.75, 3.05) is 20.1 Å². The standard InChI is InChI=1S/C26H38F3N3O5S/c1-7-17(2)25(16-33,31(6)23(34)37-24(3,4)5)30-22-12-11-18-14-32(15-21(18)22)38(35,36)20-10-8-9-19(13-20)26(27,28)29/h8-10,13,16-18,21-22,30H,7,11-12,14-15H2,1-6H3/t17-,18+,21?,22-,25+/m0/s1. The molecule has 2 fully saturated rings. The number of carbonyl (C=O) groups excluding carboxylic acids is 2. The molecule has 1 N–H and O–H groups in total. The topological polar surface area (TPSA) is 96.0 Å². The minimum absolute atomic E-state index is 0.0267. The first-order valence-corrected chi connectivity index (χ1v) is 14.3. The van der Waals surface area contributed by atoms with Gasteiger partial charge in [0.2, 0.25) is 10.0 Å². The largest absolute Gasteiger partial charge is 0.444 e. The second-order valence-corrected chi connectivity index (χ2v) is 13.3. The number of ether oxygens (including phenoxy) is 1. The summed E-state index contributed by atoms with van der Waals surface area (Å²) in [6.07, 6.45) is -2.67. The van der Waals surface area contributed by atoms with Crippen LogP contribution in [0.1, 0.15) is 59.4 Å². The van der Waals surface area contributed by atoms with Crippen LogP contribution < -0.4 is 5.32 Å². The minimum Gasteiger partial charge on any atom is -0.444 e. The van der Waals surface area contributed by atoms with E-state index in [2.05, 4.69) is 5.32 Å². The molecule has 38 heavy (non-hydrogen) atoms. The van der Waals surface area contributed by atoms with Gasteiger partial charge in [-0.05, 0) is 76.0 Å². The summed E-state index contributed by atoms with van der Waals surface area (Å²) in [5, 5.41) is 3.40. The van der Waals surface area contributed by atoms with E-state index in [1.165, 1.54) is 22.3 Å². The lowest BCUT2D eigenvalue weighted by molar-refractivity contribution is -0.137. The number of hydrogen-bond donors (Lipinski definition) is 1. The number of aldehydes is 1. The second kappa shape index (κ2) is 10.8. The van der Waals surface area contributed by atoms with Crippen molar-refractivity contribution in [2.24, 2.45) is 17.8 Å². The van der Waals surface area contributed by atoms with E-state index in [1.54, 1.807) is 20.8 Å². The molecule has 0 spiro atoms. The lowest BCUT2D eigenvalue weighted by Crippen LogP contribution is -2.67. The minimum atomic E-state index is -4.66. The zero-order chi connectivity index (χ0) is 28.7. The van der Waals surface area contributed by atoms with Crippen molar-refractivity contribution >= 4 is 22.4 Å². The summed E-state index contributed by atoms with van der Waals surface area (Å²) in [6, 6.07) is 3.48. The van der Waals surface area contributed by atoms with Gasteiger partial charge in [0.25, 0.3) is 0 Å². The van der Waals surface area contributed by atoms with Crippen LogP contribution in [0.15, 0.2) is 29.2 Å². The summed E-state index contributed by atoms with van der Waals surface area (Å²) in [4.78, 5) is 26.5. The molecule has 12 heteroatoms. The normalized spacial score (nSPS) is 24.9. The fourth-order valence-electron chi connectivity index (χ4n) is 5.47. The van der Waals surface area contributed by atoms with Crippen molar-refractivity contribution < 1.29 is 35.9 Å². The van der Waals surface area contributed by atoms with E-state index in [4.69, 9.17) is 4.74 Å². The molecule has 5 atom stereocenters. The molecule has 1 aliphatic carbocycles. The number of likely N-dealkylation sites (N-methyl/N-ethyl adjacent to an activating group) is 1. The molecule has 3 rings (SSSR count). The first-order chi connectivity index (χ1) is 17.5. The molecule has 1 unspecified atom stereocenters. The summed E-state index contributed by atoms with van der Waals surface area (Å²) < 4.78 is 72.9. The Kier molecular flexibility index (Phi) is 8.60. The highest BCUT2D eigenvalue weighted by Gasteiger charge is 2.51. The molecule has 1 aromatic rings. The van der Waals surface area contributed by atoms with E-state index >= 15 is 0 Å². The Bertz CT molecular complexity index is 1140. The van der Waals surface area contributed by atoms with E-state index in [0.717, 1.165) is 12.1 Å². The van der Waals surface area contributed by atoms with E-state index < -0.39 is 44.0 Å². The number of carbonyl (C=O) groups is 2. The molecule has 1 saturated heterocycles. The van der Waals surface area contributed by atoms with Crippen LogP contribution in [0.25, 0.3) is 0 Å². The summed E-state index contributed by atoms with van der Waals surface area (Å²) in [5.74, 6) is -0.491. The molecule has 0 bridgehead atoms. The average molecular weight is 562 g/mol. The first kappa shape index (κ1) is 30.4. The molecule has 1 aromatic carbocycles. The van der Waals surface area contributed by atoms with Gasteiger partial charge in [-0.3, -0.25) is 15.0 Å². The third kappa shape index (κ3) is 6.02. The van der Waals surface area contributed by atoms with Crippen LogP contribution in [-0.4, -0.2) is 67.4 Å². The predicted molar refractivity (Wildman–Crippen MR) is 136 cm³/mol. The Morgan fingerprint density at radius 3 is 2.45 bits per heavy atom. The van der Waals surface area contributed by atoms with Crippen molar-refractivity contribution in [3.8, 4) is 0 Å². The Balaban J connectivity index is 1.85. The number of rotatable bonds is 8. The van der Waals surface area contributed by atoms with Crippen molar-refractivity contribution in [3.63, 3.8) is 0 Å². The van der Waals surface area contributed by atoms with E-state index in [0.29, 0.717) is 31.6 Å². The highest BCUT2D eigenvalue weighted by Crippen LogP contribution is 2.42. The number of nitrogens with zero attached hydrogens (tertiary/aromatic N) is 2. The first-order valence-electron chi connectivity index (χ1n) is 12.8. The number of amides is 1. The molecule has 214 valence electrons. The van der Waals surface area contributed by atoms with Crippen molar-refractivity contribution in [2.45, 2.75) is 82.3 Å². The third-order valence-electron chi connectivity index (χ3n) is 7.80. The maximum atomic E-state index is 13.3. The summed E-state index contributed by atoms with van der Waals surface area (Å²) in [6.45, 7) is 9.25. The smallest absolute Gasteiger partial charge is 0.416 e. The quantitative estimate of drug-likeness (QED) is 0.371. The van der Waals surface area contributed by atoms with Crippen LogP contribution in [-0.2, 0) is 25.7 Å². The Hall–Kier alpha value is -2.18. The molecule has 1 amide bonds. The fraction of sp³-hybridized carbons (Fsp3) is 0.692. The maximum absolute atomic E-state index is 13.3. The van der Waals surface area contributed by atoms with E-state index in [-0.39, 0.29) is 36.9 Å². The van der Waals surface area contributed by atoms with Gasteiger partial charge in [-0.15, -0.1) is 0 Å². The van der Waals surface area contributed by atoms with Crippen LogP contribution in [0, 0.1) is 17.8 Å². The monoisotopic (exact) mass is 561 g/mol. The lowest BCUT2D eigenvalue weighted by Gasteiger charge is -2.45. The van der Waals surface area contributed by atoms with Crippen LogP contribution in [0.3, 0.4) is 0 Å².